The van der Waals surface area contributed by atoms with Crippen LogP contribution in [0.3, 0.4) is 0 Å². The first kappa shape index (κ1) is 16.0. The summed E-state index contributed by atoms with van der Waals surface area (Å²) in [5.41, 5.74) is 6.29. The van der Waals surface area contributed by atoms with Crippen molar-refractivity contribution in [1.29, 1.82) is 0 Å². The van der Waals surface area contributed by atoms with Crippen LogP contribution in [0.15, 0.2) is 0 Å². The molecule has 6 nitrogen and oxygen atoms in total. The maximum atomic E-state index is 12.1. The van der Waals surface area contributed by atoms with Crippen molar-refractivity contribution >= 4 is 28.3 Å². The molecule has 1 aliphatic heterocycles. The fourth-order valence-electron chi connectivity index (χ4n) is 2.49. The van der Waals surface area contributed by atoms with E-state index in [9.17, 15) is 4.79 Å². The number of likely N-dealkylation sites (tertiary alicyclic amines) is 1. The van der Waals surface area contributed by atoms with E-state index in [1.807, 2.05) is 13.8 Å². The lowest BCUT2D eigenvalue weighted by Crippen LogP contribution is -2.31. The van der Waals surface area contributed by atoms with Gasteiger partial charge in [-0.3, -0.25) is 4.79 Å². The van der Waals surface area contributed by atoms with E-state index in [0.717, 1.165) is 24.5 Å². The summed E-state index contributed by atoms with van der Waals surface area (Å²) in [5.74, 6) is 0.151. The van der Waals surface area contributed by atoms with Gasteiger partial charge >= 0.3 is 0 Å². The minimum atomic E-state index is -0.154. The maximum absolute atomic E-state index is 12.1. The molecule has 1 fully saturated rings. The highest BCUT2D eigenvalue weighted by molar-refractivity contribution is 7.11. The number of carbonyl (C=O) groups excluding carboxylic acids is 1. The van der Waals surface area contributed by atoms with Gasteiger partial charge in [0.2, 0.25) is 0 Å². The first-order valence-corrected chi connectivity index (χ1v) is 8.37. The van der Waals surface area contributed by atoms with Crippen LogP contribution in [0.25, 0.3) is 0 Å². The van der Waals surface area contributed by atoms with Crippen molar-refractivity contribution in [3.05, 3.63) is 5.56 Å². The summed E-state index contributed by atoms with van der Waals surface area (Å²) >= 11 is 1.25. The molecule has 0 bridgehead atoms. The molecule has 0 aliphatic carbocycles. The molecular formula is C14H25N5OS. The summed E-state index contributed by atoms with van der Waals surface area (Å²) in [4.78, 5) is 14.6. The van der Waals surface area contributed by atoms with E-state index in [0.29, 0.717) is 11.4 Å². The quantitative estimate of drug-likeness (QED) is 0.668. The number of hydrogen-bond donors (Lipinski definition) is 3. The second kappa shape index (κ2) is 7.61. The van der Waals surface area contributed by atoms with Crippen molar-refractivity contribution in [2.75, 3.05) is 37.2 Å². The summed E-state index contributed by atoms with van der Waals surface area (Å²) in [5, 5.41) is 6.93. The fraction of sp³-hybridized carbons (Fsp3) is 0.714. The minimum Gasteiger partial charge on any atom is -0.382 e. The van der Waals surface area contributed by atoms with E-state index < -0.39 is 0 Å². The van der Waals surface area contributed by atoms with Crippen molar-refractivity contribution in [2.45, 2.75) is 39.2 Å². The molecular weight excluding hydrogens is 286 g/mol. The predicted octanol–water partition coefficient (Wildman–Crippen LogP) is 1.76. The average molecular weight is 311 g/mol. The second-order valence-electron chi connectivity index (χ2n) is 5.73. The van der Waals surface area contributed by atoms with Gasteiger partial charge in [-0.25, -0.2) is 0 Å². The topological polar surface area (TPSA) is 83.3 Å². The normalized spacial score (nSPS) is 15.6. The number of rotatable bonds is 7. The van der Waals surface area contributed by atoms with Crippen molar-refractivity contribution in [1.82, 2.24) is 14.6 Å². The molecule has 0 aromatic carbocycles. The third-order valence-corrected chi connectivity index (χ3v) is 4.32. The molecule has 1 saturated heterocycles. The number of aromatic nitrogens is 1. The van der Waals surface area contributed by atoms with Gasteiger partial charge in [0, 0.05) is 12.6 Å². The van der Waals surface area contributed by atoms with E-state index in [1.165, 1.54) is 37.5 Å². The zero-order valence-corrected chi connectivity index (χ0v) is 13.6. The van der Waals surface area contributed by atoms with E-state index in [1.54, 1.807) is 0 Å². The number of carbonyl (C=O) groups is 1. The van der Waals surface area contributed by atoms with Crippen molar-refractivity contribution in [2.24, 2.45) is 0 Å². The lowest BCUT2D eigenvalue weighted by Gasteiger charge is -2.14. The molecule has 2 rings (SSSR count). The SMILES string of the molecule is CC(C)NC(=O)c1c(N)nsc1NCCCN1CCCC1. The van der Waals surface area contributed by atoms with Gasteiger partial charge in [-0.15, -0.1) is 0 Å². The van der Waals surface area contributed by atoms with E-state index in [2.05, 4.69) is 19.9 Å². The van der Waals surface area contributed by atoms with Crippen LogP contribution < -0.4 is 16.4 Å². The molecule has 0 radical (unpaired) electrons. The zero-order chi connectivity index (χ0) is 15.2. The molecule has 118 valence electrons. The van der Waals surface area contributed by atoms with E-state index in [4.69, 9.17) is 5.73 Å². The van der Waals surface area contributed by atoms with Crippen molar-refractivity contribution < 1.29 is 4.79 Å². The summed E-state index contributed by atoms with van der Waals surface area (Å²) in [6.45, 7) is 8.23. The van der Waals surface area contributed by atoms with Crippen LogP contribution in [-0.4, -0.2) is 47.4 Å². The Morgan fingerprint density at radius 2 is 2.14 bits per heavy atom. The number of hydrogen-bond acceptors (Lipinski definition) is 6. The molecule has 0 atom stereocenters. The molecule has 7 heteroatoms. The van der Waals surface area contributed by atoms with Gasteiger partial charge in [-0.2, -0.15) is 4.37 Å². The first-order chi connectivity index (χ1) is 10.1. The average Bonchev–Trinajstić information content (AvgIpc) is 3.03. The molecule has 1 aromatic heterocycles. The van der Waals surface area contributed by atoms with E-state index in [-0.39, 0.29) is 11.9 Å². The molecule has 1 aromatic rings. The molecule has 1 aliphatic rings. The molecule has 4 N–H and O–H groups in total. The first-order valence-electron chi connectivity index (χ1n) is 7.60. The summed E-state index contributed by atoms with van der Waals surface area (Å²) in [6.07, 6.45) is 3.69. The largest absolute Gasteiger partial charge is 0.382 e. The van der Waals surface area contributed by atoms with Gasteiger partial charge < -0.3 is 21.3 Å². The zero-order valence-electron chi connectivity index (χ0n) is 12.8. The van der Waals surface area contributed by atoms with E-state index >= 15 is 0 Å². The molecule has 2 heterocycles. The molecule has 0 unspecified atom stereocenters. The van der Waals surface area contributed by atoms with Crippen LogP contribution in [0.1, 0.15) is 43.5 Å². The van der Waals surface area contributed by atoms with Crippen LogP contribution in [-0.2, 0) is 0 Å². The molecule has 0 saturated carbocycles. The third kappa shape index (κ3) is 4.57. The fourth-order valence-corrected chi connectivity index (χ4v) is 3.22. The van der Waals surface area contributed by atoms with Crippen LogP contribution in [0.4, 0.5) is 10.8 Å². The Morgan fingerprint density at radius 1 is 1.43 bits per heavy atom. The highest BCUT2D eigenvalue weighted by atomic mass is 32.1. The van der Waals surface area contributed by atoms with Gasteiger partial charge in [-0.05, 0) is 64.3 Å². The van der Waals surface area contributed by atoms with Crippen LogP contribution in [0.2, 0.25) is 0 Å². The number of anilines is 2. The standard InChI is InChI=1S/C14H25N5OS/c1-10(2)17-13(20)11-12(15)18-21-14(11)16-6-5-9-19-7-3-4-8-19/h10,16H,3-9H2,1-2H3,(H2,15,18)(H,17,20). The number of nitrogens with zero attached hydrogens (tertiary/aromatic N) is 2. The number of nitrogen functional groups attached to an aromatic ring is 1. The number of nitrogens with two attached hydrogens (primary N) is 1. The Balaban J connectivity index is 1.83. The number of nitrogens with one attached hydrogen (secondary N) is 2. The monoisotopic (exact) mass is 311 g/mol. The summed E-state index contributed by atoms with van der Waals surface area (Å²) in [6, 6.07) is 0.0832. The minimum absolute atomic E-state index is 0.0832. The van der Waals surface area contributed by atoms with Gasteiger partial charge in [-0.1, -0.05) is 0 Å². The van der Waals surface area contributed by atoms with Gasteiger partial charge in [0.15, 0.2) is 5.82 Å². The highest BCUT2D eigenvalue weighted by Gasteiger charge is 2.19. The molecule has 1 amide bonds. The summed E-state index contributed by atoms with van der Waals surface area (Å²) in [7, 11) is 0. The number of amides is 1. The predicted molar refractivity (Wildman–Crippen MR) is 87.9 cm³/mol. The van der Waals surface area contributed by atoms with Gasteiger partial charge in [0.1, 0.15) is 10.6 Å². The molecule has 0 spiro atoms. The lowest BCUT2D eigenvalue weighted by atomic mass is 10.2. The Hall–Kier alpha value is -1.34. The van der Waals surface area contributed by atoms with Gasteiger partial charge in [0.25, 0.3) is 5.91 Å². The van der Waals surface area contributed by atoms with Crippen molar-refractivity contribution in [3.63, 3.8) is 0 Å². The highest BCUT2D eigenvalue weighted by Crippen LogP contribution is 2.26. The van der Waals surface area contributed by atoms with Crippen LogP contribution in [0, 0.1) is 0 Å². The maximum Gasteiger partial charge on any atom is 0.258 e. The second-order valence-corrected chi connectivity index (χ2v) is 6.50. The van der Waals surface area contributed by atoms with Crippen LogP contribution >= 0.6 is 11.5 Å². The Labute approximate surface area is 130 Å². The van der Waals surface area contributed by atoms with Crippen molar-refractivity contribution in [3.8, 4) is 0 Å². The third-order valence-electron chi connectivity index (χ3n) is 3.50. The lowest BCUT2D eigenvalue weighted by molar-refractivity contribution is 0.0945. The molecule has 21 heavy (non-hydrogen) atoms. The van der Waals surface area contributed by atoms with Gasteiger partial charge in [0.05, 0.1) is 0 Å². The summed E-state index contributed by atoms with van der Waals surface area (Å²) < 4.78 is 4.09. The Bertz CT molecular complexity index is 468. The smallest absolute Gasteiger partial charge is 0.258 e. The van der Waals surface area contributed by atoms with Crippen LogP contribution in [0.5, 0.6) is 0 Å². The Kier molecular flexibility index (Phi) is 5.81. The Morgan fingerprint density at radius 3 is 2.81 bits per heavy atom.